The first kappa shape index (κ1) is 19.8. The van der Waals surface area contributed by atoms with Gasteiger partial charge >= 0.3 is 0 Å². The standard InChI is InChI=1S/C23H24N4O3/c1-2-26-16-20(15-24-26)17-10-12-25(13-11-17)21-9-8-19(14-22(21)27(29)30)23(28)18-6-4-3-5-7-18/h3-9,14-17H,2,10-13H2,1H3. The molecule has 1 aliphatic heterocycles. The van der Waals surface area contributed by atoms with Crippen LogP contribution in [0.3, 0.4) is 0 Å². The van der Waals surface area contributed by atoms with Crippen LogP contribution in [0, 0.1) is 10.1 Å². The molecular weight excluding hydrogens is 380 g/mol. The van der Waals surface area contributed by atoms with Crippen molar-refractivity contribution in [2.45, 2.75) is 32.2 Å². The maximum atomic E-state index is 12.7. The van der Waals surface area contributed by atoms with Crippen LogP contribution in [0.5, 0.6) is 0 Å². The van der Waals surface area contributed by atoms with E-state index in [-0.39, 0.29) is 11.5 Å². The van der Waals surface area contributed by atoms with Crippen LogP contribution in [0.25, 0.3) is 0 Å². The van der Waals surface area contributed by atoms with Crippen LogP contribution in [0.4, 0.5) is 11.4 Å². The summed E-state index contributed by atoms with van der Waals surface area (Å²) in [4.78, 5) is 26.1. The molecule has 7 nitrogen and oxygen atoms in total. The van der Waals surface area contributed by atoms with Gasteiger partial charge in [0, 0.05) is 43.0 Å². The Hall–Kier alpha value is -3.48. The number of rotatable bonds is 6. The largest absolute Gasteiger partial charge is 0.366 e. The molecule has 3 aromatic rings. The molecule has 0 spiro atoms. The zero-order valence-corrected chi connectivity index (χ0v) is 16.9. The quantitative estimate of drug-likeness (QED) is 0.345. The van der Waals surface area contributed by atoms with E-state index >= 15 is 0 Å². The molecule has 30 heavy (non-hydrogen) atoms. The van der Waals surface area contributed by atoms with Crippen LogP contribution >= 0.6 is 0 Å². The number of benzene rings is 2. The van der Waals surface area contributed by atoms with Gasteiger partial charge < -0.3 is 4.90 Å². The Morgan fingerprint density at radius 3 is 2.50 bits per heavy atom. The third kappa shape index (κ3) is 3.96. The van der Waals surface area contributed by atoms with Gasteiger partial charge in [-0.05, 0) is 43.4 Å². The van der Waals surface area contributed by atoms with E-state index in [1.54, 1.807) is 36.4 Å². The predicted molar refractivity (Wildman–Crippen MR) is 115 cm³/mol. The lowest BCUT2D eigenvalue weighted by Crippen LogP contribution is -2.33. The maximum absolute atomic E-state index is 12.7. The number of carbonyl (C=O) groups excluding carboxylic acids is 1. The fourth-order valence-electron chi connectivity index (χ4n) is 4.05. The van der Waals surface area contributed by atoms with Crippen LogP contribution in [-0.4, -0.2) is 33.6 Å². The third-order valence-corrected chi connectivity index (χ3v) is 5.75. The Kier molecular flexibility index (Phi) is 5.61. The summed E-state index contributed by atoms with van der Waals surface area (Å²) in [5.74, 6) is 0.205. The first-order chi connectivity index (χ1) is 14.6. The first-order valence-corrected chi connectivity index (χ1v) is 10.2. The Balaban J connectivity index is 1.53. The minimum atomic E-state index is -0.394. The first-order valence-electron chi connectivity index (χ1n) is 10.2. The van der Waals surface area contributed by atoms with Crippen molar-refractivity contribution in [1.82, 2.24) is 9.78 Å². The number of aryl methyl sites for hydroxylation is 1. The molecule has 1 aromatic heterocycles. The lowest BCUT2D eigenvalue weighted by Gasteiger charge is -2.33. The zero-order valence-electron chi connectivity index (χ0n) is 16.9. The number of carbonyl (C=O) groups is 1. The number of nitro groups is 1. The van der Waals surface area contributed by atoms with E-state index in [1.807, 2.05) is 16.9 Å². The van der Waals surface area contributed by atoms with Crippen molar-refractivity contribution in [3.63, 3.8) is 0 Å². The molecule has 4 rings (SSSR count). The predicted octanol–water partition coefficient (Wildman–Crippen LogP) is 4.43. The number of hydrogen-bond acceptors (Lipinski definition) is 5. The molecule has 0 radical (unpaired) electrons. The average molecular weight is 404 g/mol. The highest BCUT2D eigenvalue weighted by Crippen LogP contribution is 2.35. The molecule has 7 heteroatoms. The summed E-state index contributed by atoms with van der Waals surface area (Å²) in [7, 11) is 0. The minimum Gasteiger partial charge on any atom is -0.366 e. The van der Waals surface area contributed by atoms with Gasteiger partial charge in [-0.25, -0.2) is 0 Å². The number of aromatic nitrogens is 2. The van der Waals surface area contributed by atoms with Crippen LogP contribution in [0.2, 0.25) is 0 Å². The second-order valence-corrected chi connectivity index (χ2v) is 7.55. The molecular formula is C23H24N4O3. The molecule has 2 aromatic carbocycles. The second kappa shape index (κ2) is 8.49. The summed E-state index contributed by atoms with van der Waals surface area (Å²) in [5, 5.41) is 16.1. The highest BCUT2D eigenvalue weighted by Gasteiger charge is 2.27. The summed E-state index contributed by atoms with van der Waals surface area (Å²) in [6.07, 6.45) is 5.84. The van der Waals surface area contributed by atoms with E-state index in [0.717, 1.165) is 32.5 Å². The molecule has 0 aliphatic carbocycles. The molecule has 154 valence electrons. The Bertz CT molecular complexity index is 1050. The van der Waals surface area contributed by atoms with Crippen molar-refractivity contribution in [3.8, 4) is 0 Å². The average Bonchev–Trinajstić information content (AvgIpc) is 3.28. The normalized spacial score (nSPS) is 14.6. The van der Waals surface area contributed by atoms with Crippen molar-refractivity contribution >= 4 is 17.2 Å². The molecule has 0 atom stereocenters. The van der Waals surface area contributed by atoms with Crippen molar-refractivity contribution in [1.29, 1.82) is 0 Å². The Morgan fingerprint density at radius 1 is 1.13 bits per heavy atom. The van der Waals surface area contributed by atoms with Gasteiger partial charge in [0.05, 0.1) is 11.1 Å². The van der Waals surface area contributed by atoms with Gasteiger partial charge in [-0.15, -0.1) is 0 Å². The highest BCUT2D eigenvalue weighted by molar-refractivity contribution is 6.09. The lowest BCUT2D eigenvalue weighted by atomic mass is 9.91. The summed E-state index contributed by atoms with van der Waals surface area (Å²) in [5.41, 5.74) is 2.64. The van der Waals surface area contributed by atoms with E-state index in [2.05, 4.69) is 23.1 Å². The van der Waals surface area contributed by atoms with Gasteiger partial charge in [0.25, 0.3) is 5.69 Å². The molecule has 1 saturated heterocycles. The van der Waals surface area contributed by atoms with Crippen molar-refractivity contribution < 1.29 is 9.72 Å². The smallest absolute Gasteiger partial charge is 0.293 e. The number of anilines is 1. The number of nitrogens with zero attached hydrogens (tertiary/aromatic N) is 4. The van der Waals surface area contributed by atoms with Crippen molar-refractivity contribution in [3.05, 3.63) is 87.7 Å². The van der Waals surface area contributed by atoms with E-state index in [4.69, 9.17) is 0 Å². The van der Waals surface area contributed by atoms with Crippen molar-refractivity contribution in [2.24, 2.45) is 0 Å². The molecule has 0 amide bonds. The fourth-order valence-corrected chi connectivity index (χ4v) is 4.05. The fraction of sp³-hybridized carbons (Fsp3) is 0.304. The Morgan fingerprint density at radius 2 is 1.87 bits per heavy atom. The number of hydrogen-bond donors (Lipinski definition) is 0. The van der Waals surface area contributed by atoms with Gasteiger partial charge in [-0.3, -0.25) is 19.6 Å². The minimum absolute atomic E-state index is 0.0194. The summed E-state index contributed by atoms with van der Waals surface area (Å²) >= 11 is 0. The SMILES string of the molecule is CCn1cc(C2CCN(c3ccc(C(=O)c4ccccc4)cc3[N+](=O)[O-])CC2)cn1. The van der Waals surface area contributed by atoms with Crippen LogP contribution in [0.1, 0.15) is 47.2 Å². The summed E-state index contributed by atoms with van der Waals surface area (Å²) < 4.78 is 1.93. The Labute approximate surface area is 175 Å². The highest BCUT2D eigenvalue weighted by atomic mass is 16.6. The molecule has 1 fully saturated rings. The van der Waals surface area contributed by atoms with Crippen molar-refractivity contribution in [2.75, 3.05) is 18.0 Å². The maximum Gasteiger partial charge on any atom is 0.293 e. The summed E-state index contributed by atoms with van der Waals surface area (Å²) in [6.45, 7) is 4.37. The second-order valence-electron chi connectivity index (χ2n) is 7.55. The van der Waals surface area contributed by atoms with Crippen LogP contribution in [0.15, 0.2) is 60.9 Å². The molecule has 0 saturated carbocycles. The number of nitro benzene ring substituents is 1. The van der Waals surface area contributed by atoms with Gasteiger partial charge in [0.1, 0.15) is 5.69 Å². The molecule has 1 aliphatic rings. The van der Waals surface area contributed by atoms with Gasteiger partial charge in [-0.1, -0.05) is 30.3 Å². The zero-order chi connectivity index (χ0) is 21.1. The van der Waals surface area contributed by atoms with E-state index in [0.29, 0.717) is 22.7 Å². The van der Waals surface area contributed by atoms with Crippen LogP contribution in [-0.2, 0) is 6.54 Å². The number of ketones is 1. The molecule has 0 bridgehead atoms. The topological polar surface area (TPSA) is 81.3 Å². The van der Waals surface area contributed by atoms with Gasteiger partial charge in [-0.2, -0.15) is 5.10 Å². The third-order valence-electron chi connectivity index (χ3n) is 5.75. The molecule has 2 heterocycles. The van der Waals surface area contributed by atoms with E-state index < -0.39 is 4.92 Å². The van der Waals surface area contributed by atoms with E-state index in [1.165, 1.54) is 11.6 Å². The monoisotopic (exact) mass is 404 g/mol. The number of piperidine rings is 1. The lowest BCUT2D eigenvalue weighted by molar-refractivity contribution is -0.384. The van der Waals surface area contributed by atoms with Gasteiger partial charge in [0.15, 0.2) is 5.78 Å². The molecule has 0 unspecified atom stereocenters. The van der Waals surface area contributed by atoms with E-state index in [9.17, 15) is 14.9 Å². The van der Waals surface area contributed by atoms with Crippen LogP contribution < -0.4 is 4.90 Å². The summed E-state index contributed by atoms with van der Waals surface area (Å²) in [6, 6.07) is 13.6. The van der Waals surface area contributed by atoms with Gasteiger partial charge in [0.2, 0.25) is 0 Å². The molecule has 0 N–H and O–H groups in total.